The van der Waals surface area contributed by atoms with E-state index in [2.05, 4.69) is 10.6 Å². The summed E-state index contributed by atoms with van der Waals surface area (Å²) in [5.41, 5.74) is 5.17. The van der Waals surface area contributed by atoms with Crippen LogP contribution in [0.2, 0.25) is 0 Å². The van der Waals surface area contributed by atoms with E-state index in [1.54, 1.807) is 20.8 Å². The third-order valence-electron chi connectivity index (χ3n) is 2.24. The number of carbonyl (C=O) groups is 3. The molecule has 1 atom stereocenters. The highest BCUT2D eigenvalue weighted by molar-refractivity contribution is 5.70. The summed E-state index contributed by atoms with van der Waals surface area (Å²) in [6.45, 7) is 5.52. The van der Waals surface area contributed by atoms with Crippen LogP contribution in [0.4, 0.5) is 9.59 Å². The van der Waals surface area contributed by atoms with Gasteiger partial charge in [0.1, 0.15) is 5.60 Å². The van der Waals surface area contributed by atoms with Gasteiger partial charge in [-0.1, -0.05) is 0 Å². The minimum Gasteiger partial charge on any atom is -0.481 e. The van der Waals surface area contributed by atoms with E-state index < -0.39 is 23.8 Å². The Morgan fingerprint density at radius 3 is 2.36 bits per heavy atom. The second-order valence-electron chi connectivity index (χ2n) is 5.64. The fourth-order valence-electron chi connectivity index (χ4n) is 1.26. The van der Waals surface area contributed by atoms with Gasteiger partial charge in [0.05, 0.1) is 13.0 Å². The van der Waals surface area contributed by atoms with Crippen LogP contribution in [-0.4, -0.2) is 54.6 Å². The van der Waals surface area contributed by atoms with E-state index in [0.29, 0.717) is 6.42 Å². The van der Waals surface area contributed by atoms with Crippen LogP contribution in [0.5, 0.6) is 0 Å². The highest BCUT2D eigenvalue weighted by atomic mass is 16.6. The Bertz CT molecular complexity index is 380. The third-order valence-corrected chi connectivity index (χ3v) is 2.24. The highest BCUT2D eigenvalue weighted by Crippen LogP contribution is 2.06. The van der Waals surface area contributed by atoms with Gasteiger partial charge in [-0.05, 0) is 27.2 Å². The molecule has 2 amide bonds. The van der Waals surface area contributed by atoms with Crippen molar-refractivity contribution >= 4 is 18.2 Å². The fraction of sp³-hybridized carbons (Fsp3) is 0.769. The van der Waals surface area contributed by atoms with Crippen LogP contribution in [0, 0.1) is 0 Å². The predicted octanol–water partition coefficient (Wildman–Crippen LogP) is 0.429. The molecule has 0 saturated heterocycles. The highest BCUT2D eigenvalue weighted by Gasteiger charge is 2.16. The number of hydrogen-bond acceptors (Lipinski definition) is 6. The number of ether oxygens (including phenoxy) is 2. The Labute approximate surface area is 129 Å². The first-order valence-electron chi connectivity index (χ1n) is 6.95. The molecule has 0 aliphatic carbocycles. The molecule has 5 N–H and O–H groups in total. The van der Waals surface area contributed by atoms with Crippen molar-refractivity contribution in [2.75, 3.05) is 19.7 Å². The molecule has 0 aliphatic rings. The minimum atomic E-state index is -1.00. The number of carboxylic acids is 1. The zero-order chi connectivity index (χ0) is 17.2. The normalized spacial score (nSPS) is 12.2. The van der Waals surface area contributed by atoms with Crippen molar-refractivity contribution in [3.8, 4) is 0 Å². The number of carboxylic acid groups (broad SMARTS) is 1. The molecular formula is C13H25N3O6. The molecule has 128 valence electrons. The van der Waals surface area contributed by atoms with Crippen LogP contribution in [0.3, 0.4) is 0 Å². The molecule has 0 aromatic heterocycles. The van der Waals surface area contributed by atoms with Gasteiger partial charge in [-0.2, -0.15) is 0 Å². The number of nitrogens with two attached hydrogens (primary N) is 1. The third kappa shape index (κ3) is 13.0. The molecule has 22 heavy (non-hydrogen) atoms. The monoisotopic (exact) mass is 319 g/mol. The van der Waals surface area contributed by atoms with Gasteiger partial charge in [0.25, 0.3) is 0 Å². The van der Waals surface area contributed by atoms with Crippen LogP contribution in [0.25, 0.3) is 0 Å². The lowest BCUT2D eigenvalue weighted by Gasteiger charge is -2.20. The van der Waals surface area contributed by atoms with Crippen molar-refractivity contribution < 1.29 is 29.0 Å². The quantitative estimate of drug-likeness (QED) is 0.508. The second kappa shape index (κ2) is 9.82. The van der Waals surface area contributed by atoms with Crippen LogP contribution in [0.15, 0.2) is 0 Å². The Balaban J connectivity index is 3.68. The van der Waals surface area contributed by atoms with Crippen LogP contribution >= 0.6 is 0 Å². The van der Waals surface area contributed by atoms with Gasteiger partial charge >= 0.3 is 18.2 Å². The number of amides is 2. The molecule has 9 heteroatoms. The molecule has 0 heterocycles. The standard InChI is InChI=1S/C13H25N3O6/c1-13(2,3)22-12(20)16-8-9(14)5-7-21-11(19)15-6-4-10(17)18/h9H,4-8,14H2,1-3H3,(H,15,19)(H,16,20)(H,17,18)/t9-/m1/s1. The summed E-state index contributed by atoms with van der Waals surface area (Å²) in [5.74, 6) is -1.00. The van der Waals surface area contributed by atoms with E-state index in [-0.39, 0.29) is 32.2 Å². The van der Waals surface area contributed by atoms with E-state index in [1.165, 1.54) is 0 Å². The van der Waals surface area contributed by atoms with Crippen molar-refractivity contribution in [3.63, 3.8) is 0 Å². The first-order valence-corrected chi connectivity index (χ1v) is 6.95. The number of rotatable bonds is 8. The number of aliphatic carboxylic acids is 1. The summed E-state index contributed by atoms with van der Waals surface area (Å²) in [6, 6.07) is -0.390. The molecule has 9 nitrogen and oxygen atoms in total. The van der Waals surface area contributed by atoms with Gasteiger partial charge in [-0.25, -0.2) is 9.59 Å². The summed E-state index contributed by atoms with van der Waals surface area (Å²) >= 11 is 0. The first-order chi connectivity index (χ1) is 10.1. The molecule has 0 bridgehead atoms. The lowest BCUT2D eigenvalue weighted by atomic mass is 10.2. The van der Waals surface area contributed by atoms with Crippen molar-refractivity contribution in [1.29, 1.82) is 0 Å². The van der Waals surface area contributed by atoms with E-state index in [1.807, 2.05) is 0 Å². The van der Waals surface area contributed by atoms with Crippen LogP contribution in [0.1, 0.15) is 33.6 Å². The molecule has 0 spiro atoms. The zero-order valence-corrected chi connectivity index (χ0v) is 13.2. The second-order valence-corrected chi connectivity index (χ2v) is 5.64. The molecule has 0 rings (SSSR count). The Kier molecular flexibility index (Phi) is 8.92. The van der Waals surface area contributed by atoms with Gasteiger partial charge < -0.3 is 30.9 Å². The zero-order valence-electron chi connectivity index (χ0n) is 13.2. The Hall–Kier alpha value is -2.03. The average Bonchev–Trinajstić information content (AvgIpc) is 2.34. The van der Waals surface area contributed by atoms with E-state index in [9.17, 15) is 14.4 Å². The number of nitrogens with one attached hydrogen (secondary N) is 2. The molecular weight excluding hydrogens is 294 g/mol. The van der Waals surface area contributed by atoms with Crippen LogP contribution < -0.4 is 16.4 Å². The molecule has 0 aromatic rings. The lowest BCUT2D eigenvalue weighted by Crippen LogP contribution is -2.40. The smallest absolute Gasteiger partial charge is 0.407 e. The fourth-order valence-corrected chi connectivity index (χ4v) is 1.26. The predicted molar refractivity (Wildman–Crippen MR) is 78.4 cm³/mol. The molecule has 0 radical (unpaired) electrons. The molecule has 0 fully saturated rings. The number of alkyl carbamates (subject to hydrolysis) is 2. The molecule has 0 unspecified atom stereocenters. The van der Waals surface area contributed by atoms with Crippen LogP contribution in [-0.2, 0) is 14.3 Å². The maximum atomic E-state index is 11.4. The summed E-state index contributed by atoms with van der Waals surface area (Å²) in [7, 11) is 0. The Morgan fingerprint density at radius 2 is 1.82 bits per heavy atom. The lowest BCUT2D eigenvalue weighted by molar-refractivity contribution is -0.136. The first kappa shape index (κ1) is 20.0. The molecule has 0 aliphatic heterocycles. The van der Waals surface area contributed by atoms with Gasteiger partial charge in [0.15, 0.2) is 0 Å². The maximum absolute atomic E-state index is 11.4. The van der Waals surface area contributed by atoms with E-state index in [0.717, 1.165) is 0 Å². The summed E-state index contributed by atoms with van der Waals surface area (Å²) in [6.07, 6.45) is -1.08. The average molecular weight is 319 g/mol. The summed E-state index contributed by atoms with van der Waals surface area (Å²) in [5, 5.41) is 13.2. The maximum Gasteiger partial charge on any atom is 0.407 e. The topological polar surface area (TPSA) is 140 Å². The Morgan fingerprint density at radius 1 is 1.18 bits per heavy atom. The van der Waals surface area contributed by atoms with Crippen molar-refractivity contribution in [3.05, 3.63) is 0 Å². The van der Waals surface area contributed by atoms with E-state index in [4.69, 9.17) is 20.3 Å². The largest absolute Gasteiger partial charge is 0.481 e. The SMILES string of the molecule is CC(C)(C)OC(=O)NC[C@H](N)CCOC(=O)NCCC(=O)O. The molecule has 0 saturated carbocycles. The van der Waals surface area contributed by atoms with Gasteiger partial charge in [0.2, 0.25) is 0 Å². The van der Waals surface area contributed by atoms with E-state index >= 15 is 0 Å². The number of hydrogen-bond donors (Lipinski definition) is 4. The minimum absolute atomic E-state index is 0.000416. The van der Waals surface area contributed by atoms with Crippen molar-refractivity contribution in [1.82, 2.24) is 10.6 Å². The summed E-state index contributed by atoms with van der Waals surface area (Å²) < 4.78 is 9.86. The van der Waals surface area contributed by atoms with Crippen molar-refractivity contribution in [2.24, 2.45) is 5.73 Å². The number of carbonyl (C=O) groups excluding carboxylic acids is 2. The molecule has 0 aromatic carbocycles. The summed E-state index contributed by atoms with van der Waals surface area (Å²) in [4.78, 5) is 32.8. The van der Waals surface area contributed by atoms with Crippen molar-refractivity contribution in [2.45, 2.75) is 45.3 Å². The van der Waals surface area contributed by atoms with Gasteiger partial charge in [0, 0.05) is 19.1 Å². The van der Waals surface area contributed by atoms with Gasteiger partial charge in [-0.15, -0.1) is 0 Å². The van der Waals surface area contributed by atoms with Gasteiger partial charge in [-0.3, -0.25) is 4.79 Å².